The number of piperidine rings is 1. The molecule has 0 amide bonds. The van der Waals surface area contributed by atoms with E-state index in [1.165, 1.54) is 5.56 Å². The molecule has 0 saturated carbocycles. The lowest BCUT2D eigenvalue weighted by molar-refractivity contribution is 0.471. The number of hydrogen-bond acceptors (Lipinski definition) is 6. The van der Waals surface area contributed by atoms with Crippen molar-refractivity contribution in [3.05, 3.63) is 60.4 Å². The molecule has 6 nitrogen and oxygen atoms in total. The van der Waals surface area contributed by atoms with Gasteiger partial charge in [0, 0.05) is 31.8 Å². The number of hydrogen-bond donors (Lipinski definition) is 0. The van der Waals surface area contributed by atoms with E-state index < -0.39 is 0 Å². The third-order valence-corrected chi connectivity index (χ3v) is 5.73. The Hall–Kier alpha value is -2.41. The van der Waals surface area contributed by atoms with Crippen LogP contribution in [0.25, 0.3) is 0 Å². The monoisotopic (exact) mass is 366 g/mol. The van der Waals surface area contributed by atoms with Crippen molar-refractivity contribution in [2.24, 2.45) is 7.05 Å². The number of anilines is 1. The molecule has 1 fully saturated rings. The van der Waals surface area contributed by atoms with Gasteiger partial charge in [-0.3, -0.25) is 4.98 Å². The molecule has 0 radical (unpaired) electrons. The van der Waals surface area contributed by atoms with E-state index in [9.17, 15) is 0 Å². The van der Waals surface area contributed by atoms with Crippen LogP contribution in [0.3, 0.4) is 0 Å². The Labute approximate surface area is 157 Å². The molecule has 1 aromatic carbocycles. The fourth-order valence-corrected chi connectivity index (χ4v) is 4.12. The maximum Gasteiger partial charge on any atom is 0.148 e. The zero-order valence-electron chi connectivity index (χ0n) is 14.8. The van der Waals surface area contributed by atoms with Crippen molar-refractivity contribution in [3.63, 3.8) is 0 Å². The zero-order chi connectivity index (χ0) is 17.8. The third-order valence-electron chi connectivity index (χ3n) is 4.76. The summed E-state index contributed by atoms with van der Waals surface area (Å²) < 4.78 is 2.03. The van der Waals surface area contributed by atoms with Gasteiger partial charge in [-0.15, -0.1) is 22.0 Å². The average molecular weight is 366 g/mol. The lowest BCUT2D eigenvalue weighted by atomic mass is 9.96. The van der Waals surface area contributed by atoms with E-state index in [4.69, 9.17) is 4.98 Å². The highest BCUT2D eigenvalue weighted by atomic mass is 32.2. The van der Waals surface area contributed by atoms with Crippen molar-refractivity contribution in [1.29, 1.82) is 0 Å². The molecule has 0 unspecified atom stereocenters. The molecule has 0 atom stereocenters. The first-order valence-corrected chi connectivity index (χ1v) is 9.86. The van der Waals surface area contributed by atoms with Crippen LogP contribution in [-0.4, -0.2) is 37.8 Å². The number of benzene rings is 1. The smallest absolute Gasteiger partial charge is 0.148 e. The predicted molar refractivity (Wildman–Crippen MR) is 103 cm³/mol. The van der Waals surface area contributed by atoms with Crippen molar-refractivity contribution in [3.8, 4) is 0 Å². The molecule has 134 valence electrons. The van der Waals surface area contributed by atoms with Gasteiger partial charge >= 0.3 is 0 Å². The van der Waals surface area contributed by atoms with Crippen molar-refractivity contribution in [1.82, 2.24) is 24.7 Å². The van der Waals surface area contributed by atoms with E-state index in [1.807, 2.05) is 30.1 Å². The lowest BCUT2D eigenvalue weighted by Crippen LogP contribution is -2.34. The molecular weight excluding hydrogens is 344 g/mol. The van der Waals surface area contributed by atoms with E-state index in [0.717, 1.165) is 48.4 Å². The van der Waals surface area contributed by atoms with Gasteiger partial charge < -0.3 is 9.47 Å². The minimum Gasteiger partial charge on any atom is -0.355 e. The number of aryl methyl sites for hydroxylation is 1. The van der Waals surface area contributed by atoms with Gasteiger partial charge in [-0.25, -0.2) is 4.98 Å². The normalized spacial score (nSPS) is 15.3. The first-order chi connectivity index (χ1) is 12.8. The van der Waals surface area contributed by atoms with Gasteiger partial charge in [0.05, 0.1) is 12.4 Å². The quantitative estimate of drug-likeness (QED) is 0.646. The summed E-state index contributed by atoms with van der Waals surface area (Å²) in [4.78, 5) is 11.5. The van der Waals surface area contributed by atoms with Gasteiger partial charge in [-0.2, -0.15) is 0 Å². The zero-order valence-corrected chi connectivity index (χ0v) is 15.6. The Bertz CT molecular complexity index is 842. The first-order valence-electron chi connectivity index (χ1n) is 8.87. The molecule has 0 N–H and O–H groups in total. The number of nitrogens with zero attached hydrogens (tertiary/aromatic N) is 6. The van der Waals surface area contributed by atoms with Crippen LogP contribution in [0.2, 0.25) is 0 Å². The highest BCUT2D eigenvalue weighted by Crippen LogP contribution is 2.29. The summed E-state index contributed by atoms with van der Waals surface area (Å²) >= 11 is 1.73. The third kappa shape index (κ3) is 3.88. The molecule has 0 bridgehead atoms. The van der Waals surface area contributed by atoms with Gasteiger partial charge in [0.25, 0.3) is 0 Å². The van der Waals surface area contributed by atoms with Crippen molar-refractivity contribution >= 4 is 17.6 Å². The summed E-state index contributed by atoms with van der Waals surface area (Å²) in [5, 5.41) is 9.25. The number of rotatable bonds is 5. The Morgan fingerprint density at radius 1 is 1.12 bits per heavy atom. The largest absolute Gasteiger partial charge is 0.355 e. The SMILES string of the molecule is Cn1cnnc1C1CCN(c2cncc(SCc3ccccc3)n2)CC1. The molecule has 0 aliphatic carbocycles. The van der Waals surface area contributed by atoms with Gasteiger partial charge in [0.2, 0.25) is 0 Å². The van der Waals surface area contributed by atoms with Crippen LogP contribution in [0.4, 0.5) is 5.82 Å². The van der Waals surface area contributed by atoms with Crippen LogP contribution in [0.5, 0.6) is 0 Å². The summed E-state index contributed by atoms with van der Waals surface area (Å²) in [6.45, 7) is 1.94. The predicted octanol–water partition coefficient (Wildman–Crippen LogP) is 3.28. The van der Waals surface area contributed by atoms with Gasteiger partial charge in [0.15, 0.2) is 0 Å². The van der Waals surface area contributed by atoms with Crippen LogP contribution >= 0.6 is 11.8 Å². The van der Waals surface area contributed by atoms with E-state index in [1.54, 1.807) is 18.1 Å². The minimum absolute atomic E-state index is 0.474. The van der Waals surface area contributed by atoms with E-state index in [2.05, 4.69) is 44.3 Å². The lowest BCUT2D eigenvalue weighted by Gasteiger charge is -2.32. The Morgan fingerprint density at radius 3 is 2.65 bits per heavy atom. The number of thioether (sulfide) groups is 1. The van der Waals surface area contributed by atoms with Crippen LogP contribution in [0.15, 0.2) is 54.1 Å². The fourth-order valence-electron chi connectivity index (χ4n) is 3.32. The highest BCUT2D eigenvalue weighted by molar-refractivity contribution is 7.98. The highest BCUT2D eigenvalue weighted by Gasteiger charge is 2.24. The molecule has 3 aromatic rings. The van der Waals surface area contributed by atoms with Crippen LogP contribution in [0.1, 0.15) is 30.1 Å². The summed E-state index contributed by atoms with van der Waals surface area (Å²) in [6, 6.07) is 10.5. The summed E-state index contributed by atoms with van der Waals surface area (Å²) in [5.41, 5.74) is 1.30. The van der Waals surface area contributed by atoms with E-state index >= 15 is 0 Å². The molecule has 4 rings (SSSR count). The second-order valence-corrected chi connectivity index (χ2v) is 7.55. The van der Waals surface area contributed by atoms with Crippen molar-refractivity contribution < 1.29 is 0 Å². The topological polar surface area (TPSA) is 59.7 Å². The van der Waals surface area contributed by atoms with Gasteiger partial charge in [-0.05, 0) is 18.4 Å². The second kappa shape index (κ2) is 7.86. The molecule has 1 aliphatic rings. The standard InChI is InChI=1S/C19H22N6S/c1-24-14-21-23-19(24)16-7-9-25(10-8-16)17-11-20-12-18(22-17)26-13-15-5-3-2-4-6-15/h2-6,11-12,14,16H,7-10,13H2,1H3. The van der Waals surface area contributed by atoms with E-state index in [0.29, 0.717) is 5.92 Å². The molecule has 0 spiro atoms. The van der Waals surface area contributed by atoms with Crippen molar-refractivity contribution in [2.45, 2.75) is 29.5 Å². The summed E-state index contributed by atoms with van der Waals surface area (Å²) in [6.07, 6.45) is 7.63. The van der Waals surface area contributed by atoms with Crippen LogP contribution in [-0.2, 0) is 12.8 Å². The van der Waals surface area contributed by atoms with Gasteiger partial charge in [0.1, 0.15) is 23.0 Å². The number of aromatic nitrogens is 5. The molecular formula is C19H22N6S. The molecule has 2 aromatic heterocycles. The molecule has 1 aliphatic heterocycles. The minimum atomic E-state index is 0.474. The summed E-state index contributed by atoms with van der Waals surface area (Å²) in [7, 11) is 2.01. The average Bonchev–Trinajstić information content (AvgIpc) is 3.13. The molecule has 3 heterocycles. The first kappa shape index (κ1) is 17.0. The maximum atomic E-state index is 4.81. The van der Waals surface area contributed by atoms with Gasteiger partial charge in [-0.1, -0.05) is 30.3 Å². The Kier molecular flexibility index (Phi) is 5.15. The summed E-state index contributed by atoms with van der Waals surface area (Å²) in [5.74, 6) is 3.44. The fraction of sp³-hybridized carbons (Fsp3) is 0.368. The van der Waals surface area contributed by atoms with Crippen LogP contribution < -0.4 is 4.90 Å². The Morgan fingerprint density at radius 2 is 1.92 bits per heavy atom. The molecule has 26 heavy (non-hydrogen) atoms. The molecule has 1 saturated heterocycles. The van der Waals surface area contributed by atoms with Crippen molar-refractivity contribution in [2.75, 3.05) is 18.0 Å². The Balaban J connectivity index is 1.37. The van der Waals surface area contributed by atoms with E-state index in [-0.39, 0.29) is 0 Å². The second-order valence-electron chi connectivity index (χ2n) is 6.55. The molecule has 7 heteroatoms. The van der Waals surface area contributed by atoms with Crippen LogP contribution in [0, 0.1) is 0 Å². The maximum absolute atomic E-state index is 4.81.